The summed E-state index contributed by atoms with van der Waals surface area (Å²) in [5.74, 6) is 1.23. The van der Waals surface area contributed by atoms with Crippen molar-refractivity contribution in [2.24, 2.45) is 0 Å². The van der Waals surface area contributed by atoms with Crippen molar-refractivity contribution in [1.82, 2.24) is 5.32 Å². The van der Waals surface area contributed by atoms with E-state index < -0.39 is 10.0 Å². The predicted molar refractivity (Wildman–Crippen MR) is 138 cm³/mol. The number of carbonyl (C=O) groups excluding carboxylic acids is 1. The van der Waals surface area contributed by atoms with Crippen LogP contribution < -0.4 is 9.62 Å². The van der Waals surface area contributed by atoms with Crippen molar-refractivity contribution in [2.75, 3.05) is 23.1 Å². The number of anilines is 1. The van der Waals surface area contributed by atoms with Crippen LogP contribution in [0.4, 0.5) is 5.69 Å². The summed E-state index contributed by atoms with van der Waals surface area (Å²) < 4.78 is 27.8. The lowest BCUT2D eigenvalue weighted by atomic mass is 10.2. The van der Waals surface area contributed by atoms with Gasteiger partial charge in [0.1, 0.15) is 6.54 Å². The first-order valence-corrected chi connectivity index (χ1v) is 13.5. The van der Waals surface area contributed by atoms with Crippen LogP contribution in [0.2, 0.25) is 5.02 Å². The molecule has 1 amide bonds. The van der Waals surface area contributed by atoms with E-state index in [1.54, 1.807) is 30.0 Å². The molecule has 0 radical (unpaired) electrons. The van der Waals surface area contributed by atoms with Crippen LogP contribution in [0.5, 0.6) is 0 Å². The molecule has 0 aliphatic heterocycles. The number of aryl methyl sites for hydroxylation is 2. The molecule has 0 aliphatic rings. The molecule has 5 nitrogen and oxygen atoms in total. The number of hydrogen-bond acceptors (Lipinski definition) is 4. The Balaban J connectivity index is 1.64. The zero-order valence-electron chi connectivity index (χ0n) is 18.6. The van der Waals surface area contributed by atoms with Crippen molar-refractivity contribution in [1.29, 1.82) is 0 Å². The average molecular weight is 503 g/mol. The highest BCUT2D eigenvalue weighted by Gasteiger charge is 2.27. The van der Waals surface area contributed by atoms with Gasteiger partial charge < -0.3 is 5.32 Å². The van der Waals surface area contributed by atoms with Crippen LogP contribution in [-0.2, 0) is 20.6 Å². The summed E-state index contributed by atoms with van der Waals surface area (Å²) >= 11 is 7.63. The van der Waals surface area contributed by atoms with E-state index in [9.17, 15) is 13.2 Å². The maximum atomic E-state index is 13.3. The van der Waals surface area contributed by atoms with Crippen LogP contribution >= 0.6 is 23.4 Å². The third kappa shape index (κ3) is 7.25. The van der Waals surface area contributed by atoms with Gasteiger partial charge in [0.15, 0.2) is 0 Å². The van der Waals surface area contributed by atoms with E-state index in [1.807, 2.05) is 13.0 Å². The fourth-order valence-electron chi connectivity index (χ4n) is 3.16. The Hall–Kier alpha value is -2.48. The van der Waals surface area contributed by atoms with Crippen LogP contribution in [0, 0.1) is 13.8 Å². The van der Waals surface area contributed by atoms with E-state index in [1.165, 1.54) is 35.4 Å². The Bertz CT molecular complexity index is 1180. The molecule has 3 aromatic carbocycles. The molecule has 3 rings (SSSR count). The molecular formula is C25H27ClN2O3S2. The summed E-state index contributed by atoms with van der Waals surface area (Å²) in [4.78, 5) is 12.7. The molecule has 0 bridgehead atoms. The molecule has 0 saturated carbocycles. The van der Waals surface area contributed by atoms with Crippen molar-refractivity contribution in [3.63, 3.8) is 0 Å². The number of halogens is 1. The van der Waals surface area contributed by atoms with Crippen LogP contribution in [-0.4, -0.2) is 33.2 Å². The second-order valence-electron chi connectivity index (χ2n) is 7.69. The lowest BCUT2D eigenvalue weighted by Crippen LogP contribution is -2.41. The van der Waals surface area contributed by atoms with Crippen molar-refractivity contribution >= 4 is 45.0 Å². The van der Waals surface area contributed by atoms with Gasteiger partial charge in [0, 0.05) is 23.1 Å². The highest BCUT2D eigenvalue weighted by molar-refractivity contribution is 7.98. The minimum atomic E-state index is -3.95. The van der Waals surface area contributed by atoms with E-state index in [0.29, 0.717) is 17.3 Å². The maximum absolute atomic E-state index is 13.3. The standard InChI is InChI=1S/C25H27ClN2O3S2/c1-19-6-8-21(9-7-19)18-32-15-14-27-25(29)17-28(23-5-3-4-20(2)16-23)33(30,31)24-12-10-22(26)11-13-24/h3-13,16H,14-15,17-18H2,1-2H3,(H,27,29). The first-order chi connectivity index (χ1) is 15.8. The predicted octanol–water partition coefficient (Wildman–Crippen LogP) is 5.20. The molecule has 0 aromatic heterocycles. The Morgan fingerprint density at radius 1 is 0.970 bits per heavy atom. The summed E-state index contributed by atoms with van der Waals surface area (Å²) in [6, 6.07) is 21.4. The second-order valence-corrected chi connectivity index (χ2v) is 11.1. The molecule has 8 heteroatoms. The summed E-state index contributed by atoms with van der Waals surface area (Å²) in [5, 5.41) is 3.28. The highest BCUT2D eigenvalue weighted by atomic mass is 35.5. The Morgan fingerprint density at radius 2 is 1.67 bits per heavy atom. The molecule has 0 unspecified atom stereocenters. The Kier molecular flexibility index (Phi) is 8.83. The van der Waals surface area contributed by atoms with Gasteiger partial charge >= 0.3 is 0 Å². The summed E-state index contributed by atoms with van der Waals surface area (Å²) in [5.41, 5.74) is 3.80. The minimum Gasteiger partial charge on any atom is -0.354 e. The molecule has 0 fully saturated rings. The van der Waals surface area contributed by atoms with Gasteiger partial charge in [-0.3, -0.25) is 9.10 Å². The van der Waals surface area contributed by atoms with Crippen LogP contribution in [0.3, 0.4) is 0 Å². The van der Waals surface area contributed by atoms with Gasteiger partial charge in [-0.15, -0.1) is 0 Å². The van der Waals surface area contributed by atoms with Gasteiger partial charge in [0.25, 0.3) is 10.0 Å². The SMILES string of the molecule is Cc1ccc(CSCCNC(=O)CN(c2cccc(C)c2)S(=O)(=O)c2ccc(Cl)cc2)cc1. The molecule has 3 aromatic rings. The summed E-state index contributed by atoms with van der Waals surface area (Å²) in [6.45, 7) is 4.08. The number of nitrogens with one attached hydrogen (secondary N) is 1. The fraction of sp³-hybridized carbons (Fsp3) is 0.240. The van der Waals surface area contributed by atoms with E-state index in [4.69, 9.17) is 11.6 Å². The van der Waals surface area contributed by atoms with Crippen LogP contribution in [0.25, 0.3) is 0 Å². The largest absolute Gasteiger partial charge is 0.354 e. The van der Waals surface area contributed by atoms with E-state index in [2.05, 4.69) is 36.5 Å². The first-order valence-electron chi connectivity index (χ1n) is 10.5. The van der Waals surface area contributed by atoms with Gasteiger partial charge in [-0.05, 0) is 61.4 Å². The number of rotatable bonds is 10. The number of hydrogen-bond donors (Lipinski definition) is 1. The van der Waals surface area contributed by atoms with Crippen LogP contribution in [0.15, 0.2) is 77.7 Å². The molecule has 0 saturated heterocycles. The maximum Gasteiger partial charge on any atom is 0.264 e. The average Bonchev–Trinajstić information content (AvgIpc) is 2.78. The van der Waals surface area contributed by atoms with Gasteiger partial charge in [-0.2, -0.15) is 11.8 Å². The van der Waals surface area contributed by atoms with Crippen molar-refractivity contribution < 1.29 is 13.2 Å². The van der Waals surface area contributed by atoms with Gasteiger partial charge in [-0.1, -0.05) is 53.6 Å². The first kappa shape index (κ1) is 25.1. The van der Waals surface area contributed by atoms with E-state index in [-0.39, 0.29) is 17.3 Å². The molecule has 0 atom stereocenters. The number of carbonyl (C=O) groups is 1. The number of benzene rings is 3. The zero-order valence-corrected chi connectivity index (χ0v) is 21.0. The van der Waals surface area contributed by atoms with Gasteiger partial charge in [0.05, 0.1) is 10.6 Å². The van der Waals surface area contributed by atoms with E-state index in [0.717, 1.165) is 21.4 Å². The number of thioether (sulfide) groups is 1. The fourth-order valence-corrected chi connectivity index (χ4v) is 5.51. The summed E-state index contributed by atoms with van der Waals surface area (Å²) in [7, 11) is -3.95. The Morgan fingerprint density at radius 3 is 2.33 bits per heavy atom. The van der Waals surface area contributed by atoms with Gasteiger partial charge in [0.2, 0.25) is 5.91 Å². The van der Waals surface area contributed by atoms with Crippen molar-refractivity contribution in [3.05, 3.63) is 94.5 Å². The third-order valence-electron chi connectivity index (χ3n) is 4.94. The number of sulfonamides is 1. The quantitative estimate of drug-likeness (QED) is 0.387. The monoisotopic (exact) mass is 502 g/mol. The van der Waals surface area contributed by atoms with Crippen molar-refractivity contribution in [2.45, 2.75) is 24.5 Å². The topological polar surface area (TPSA) is 66.5 Å². The Labute approximate surface area is 205 Å². The second kappa shape index (κ2) is 11.6. The van der Waals surface area contributed by atoms with Gasteiger partial charge in [-0.25, -0.2) is 8.42 Å². The van der Waals surface area contributed by atoms with Crippen molar-refractivity contribution in [3.8, 4) is 0 Å². The molecule has 33 heavy (non-hydrogen) atoms. The molecule has 1 N–H and O–H groups in total. The highest BCUT2D eigenvalue weighted by Crippen LogP contribution is 2.25. The third-order valence-corrected chi connectivity index (χ3v) is 8.01. The molecular weight excluding hydrogens is 476 g/mol. The minimum absolute atomic E-state index is 0.0786. The molecule has 0 heterocycles. The molecule has 0 spiro atoms. The number of amides is 1. The normalized spacial score (nSPS) is 11.2. The lowest BCUT2D eigenvalue weighted by molar-refractivity contribution is -0.119. The number of nitrogens with zero attached hydrogens (tertiary/aromatic N) is 1. The summed E-state index contributed by atoms with van der Waals surface area (Å²) in [6.07, 6.45) is 0. The lowest BCUT2D eigenvalue weighted by Gasteiger charge is -2.24. The van der Waals surface area contributed by atoms with E-state index >= 15 is 0 Å². The smallest absolute Gasteiger partial charge is 0.264 e. The molecule has 174 valence electrons. The zero-order chi connectivity index (χ0) is 23.8. The molecule has 0 aliphatic carbocycles. The van der Waals surface area contributed by atoms with Crippen LogP contribution in [0.1, 0.15) is 16.7 Å².